The molecule has 0 aliphatic rings. The van der Waals surface area contributed by atoms with Crippen LogP contribution in [0, 0.1) is 0 Å². The topological polar surface area (TPSA) is 30.5 Å². The van der Waals surface area contributed by atoms with E-state index in [4.69, 9.17) is 32.7 Å². The van der Waals surface area contributed by atoms with Crippen molar-refractivity contribution in [1.29, 1.82) is 0 Å². The fourth-order valence-electron chi connectivity index (χ4n) is 2.02. The highest BCUT2D eigenvalue weighted by Crippen LogP contribution is 2.35. The lowest BCUT2D eigenvalue weighted by molar-refractivity contribution is 0.308. The molecule has 0 bridgehead atoms. The summed E-state index contributed by atoms with van der Waals surface area (Å²) < 4.78 is 12.0. The summed E-state index contributed by atoms with van der Waals surface area (Å²) in [5.41, 5.74) is 1.87. The fraction of sp³-hybridized carbons (Fsp3) is 0.250. The Morgan fingerprint density at radius 1 is 1.14 bits per heavy atom. The molecule has 22 heavy (non-hydrogen) atoms. The van der Waals surface area contributed by atoms with Gasteiger partial charge in [0.25, 0.3) is 0 Å². The van der Waals surface area contributed by atoms with E-state index in [0.717, 1.165) is 21.5 Å². The number of hydrogen-bond donors (Lipinski definition) is 1. The number of rotatable bonds is 6. The molecule has 0 aromatic heterocycles. The molecule has 0 saturated heterocycles. The highest BCUT2D eigenvalue weighted by Gasteiger charge is 2.12. The molecule has 118 valence electrons. The molecule has 6 heteroatoms. The largest absolute Gasteiger partial charge is 0.493 e. The van der Waals surface area contributed by atoms with Gasteiger partial charge in [-0.15, -0.1) is 0 Å². The number of halogens is 3. The zero-order valence-corrected chi connectivity index (χ0v) is 15.3. The van der Waals surface area contributed by atoms with Crippen molar-refractivity contribution in [2.24, 2.45) is 0 Å². The second kappa shape index (κ2) is 7.95. The lowest BCUT2D eigenvalue weighted by Crippen LogP contribution is -2.05. The Bertz CT molecular complexity index is 665. The summed E-state index contributed by atoms with van der Waals surface area (Å²) in [7, 11) is 1.63. The Morgan fingerprint density at radius 2 is 1.91 bits per heavy atom. The molecule has 0 aliphatic heterocycles. The molecule has 1 N–H and O–H groups in total. The monoisotopic (exact) mass is 403 g/mol. The number of hydrogen-bond acceptors (Lipinski definition) is 3. The molecule has 0 atom stereocenters. The lowest BCUT2D eigenvalue weighted by Gasteiger charge is -2.16. The first-order chi connectivity index (χ1) is 10.5. The smallest absolute Gasteiger partial charge is 0.166 e. The Balaban J connectivity index is 2.24. The minimum atomic E-state index is 0.517. The van der Waals surface area contributed by atoms with E-state index in [0.29, 0.717) is 28.9 Å². The second-order valence-corrected chi connectivity index (χ2v) is 6.24. The van der Waals surface area contributed by atoms with Gasteiger partial charge < -0.3 is 14.8 Å². The molecule has 2 aromatic carbocycles. The molecule has 0 fully saturated rings. The quantitative estimate of drug-likeness (QED) is 0.662. The van der Waals surface area contributed by atoms with Crippen molar-refractivity contribution in [3.8, 4) is 11.5 Å². The summed E-state index contributed by atoms with van der Waals surface area (Å²) in [5.74, 6) is 1.43. The Kier molecular flexibility index (Phi) is 6.24. The Hall–Kier alpha value is -1.10. The molecule has 0 aliphatic carbocycles. The van der Waals surface area contributed by atoms with E-state index in [1.807, 2.05) is 25.1 Å². The summed E-state index contributed by atoms with van der Waals surface area (Å²) in [6, 6.07) is 9.31. The van der Waals surface area contributed by atoms with E-state index in [-0.39, 0.29) is 0 Å². The third kappa shape index (κ3) is 4.22. The first-order valence-corrected chi connectivity index (χ1v) is 8.28. The standard InChI is InChI=1S/C16H16BrCl2NO2/c1-3-22-16-10(6-11(17)7-15(16)21-2)9-20-12-4-5-13(18)14(19)8-12/h4-8,20H,3,9H2,1-2H3. The summed E-state index contributed by atoms with van der Waals surface area (Å²) in [6.45, 7) is 3.08. The fourth-order valence-corrected chi connectivity index (χ4v) is 2.80. The van der Waals surface area contributed by atoms with Crippen molar-refractivity contribution in [2.45, 2.75) is 13.5 Å². The van der Waals surface area contributed by atoms with Gasteiger partial charge in [0.1, 0.15) is 0 Å². The number of ether oxygens (including phenoxy) is 2. The molecule has 2 aromatic rings. The van der Waals surface area contributed by atoms with Gasteiger partial charge in [0.15, 0.2) is 11.5 Å². The van der Waals surface area contributed by atoms with Gasteiger partial charge >= 0.3 is 0 Å². The number of anilines is 1. The maximum Gasteiger partial charge on any atom is 0.166 e. The maximum atomic E-state index is 6.03. The average molecular weight is 405 g/mol. The van der Waals surface area contributed by atoms with Gasteiger partial charge in [-0.25, -0.2) is 0 Å². The van der Waals surface area contributed by atoms with Crippen LogP contribution in [0.25, 0.3) is 0 Å². The van der Waals surface area contributed by atoms with Crippen LogP contribution in [0.1, 0.15) is 12.5 Å². The Morgan fingerprint density at radius 3 is 2.55 bits per heavy atom. The van der Waals surface area contributed by atoms with Gasteiger partial charge in [0, 0.05) is 22.3 Å². The molecule has 0 unspecified atom stereocenters. The molecule has 0 radical (unpaired) electrons. The van der Waals surface area contributed by atoms with Gasteiger partial charge in [-0.1, -0.05) is 39.1 Å². The van der Waals surface area contributed by atoms with Crippen molar-refractivity contribution in [1.82, 2.24) is 0 Å². The summed E-state index contributed by atoms with van der Waals surface area (Å²) in [5, 5.41) is 4.36. The zero-order valence-electron chi connectivity index (χ0n) is 12.3. The van der Waals surface area contributed by atoms with Crippen LogP contribution in [0.5, 0.6) is 11.5 Å². The van der Waals surface area contributed by atoms with Crippen LogP contribution < -0.4 is 14.8 Å². The van der Waals surface area contributed by atoms with E-state index >= 15 is 0 Å². The third-order valence-corrected chi connectivity index (χ3v) is 4.20. The number of methoxy groups -OCH3 is 1. The highest BCUT2D eigenvalue weighted by molar-refractivity contribution is 9.10. The highest BCUT2D eigenvalue weighted by atomic mass is 79.9. The molecule has 0 saturated carbocycles. The van der Waals surface area contributed by atoms with Gasteiger partial charge in [-0.05, 0) is 37.3 Å². The van der Waals surface area contributed by atoms with Crippen LogP contribution in [0.2, 0.25) is 10.0 Å². The van der Waals surface area contributed by atoms with Gasteiger partial charge in [-0.2, -0.15) is 0 Å². The molecule has 0 heterocycles. The lowest BCUT2D eigenvalue weighted by atomic mass is 10.1. The summed E-state index contributed by atoms with van der Waals surface area (Å²) in [4.78, 5) is 0. The van der Waals surface area contributed by atoms with Gasteiger partial charge in [0.05, 0.1) is 23.8 Å². The van der Waals surface area contributed by atoms with Crippen molar-refractivity contribution in [3.05, 3.63) is 50.4 Å². The first-order valence-electron chi connectivity index (χ1n) is 6.73. The second-order valence-electron chi connectivity index (χ2n) is 4.51. The van der Waals surface area contributed by atoms with Crippen molar-refractivity contribution < 1.29 is 9.47 Å². The predicted molar refractivity (Wildman–Crippen MR) is 95.7 cm³/mol. The van der Waals surface area contributed by atoms with Crippen LogP contribution in [-0.2, 0) is 6.54 Å². The van der Waals surface area contributed by atoms with Crippen molar-refractivity contribution in [2.75, 3.05) is 19.0 Å². The van der Waals surface area contributed by atoms with E-state index < -0.39 is 0 Å². The van der Waals surface area contributed by atoms with E-state index in [9.17, 15) is 0 Å². The van der Waals surface area contributed by atoms with Crippen LogP contribution in [-0.4, -0.2) is 13.7 Å². The normalized spacial score (nSPS) is 10.4. The van der Waals surface area contributed by atoms with E-state index in [1.54, 1.807) is 19.2 Å². The minimum absolute atomic E-state index is 0.517. The van der Waals surface area contributed by atoms with Gasteiger partial charge in [-0.3, -0.25) is 0 Å². The van der Waals surface area contributed by atoms with E-state index in [2.05, 4.69) is 21.2 Å². The van der Waals surface area contributed by atoms with E-state index in [1.165, 1.54) is 0 Å². The molecular weight excluding hydrogens is 389 g/mol. The van der Waals surface area contributed by atoms with Crippen LogP contribution >= 0.6 is 39.1 Å². The SMILES string of the molecule is CCOc1c(CNc2ccc(Cl)c(Cl)c2)cc(Br)cc1OC. The predicted octanol–water partition coefficient (Wildman–Crippen LogP) is 5.78. The van der Waals surface area contributed by atoms with Crippen molar-refractivity contribution in [3.63, 3.8) is 0 Å². The Labute approximate surface area is 148 Å². The average Bonchev–Trinajstić information content (AvgIpc) is 2.50. The number of benzene rings is 2. The van der Waals surface area contributed by atoms with Crippen LogP contribution in [0.15, 0.2) is 34.8 Å². The molecule has 3 nitrogen and oxygen atoms in total. The molecule has 0 amide bonds. The van der Waals surface area contributed by atoms with Gasteiger partial charge in [0.2, 0.25) is 0 Å². The maximum absolute atomic E-state index is 6.03. The molecule has 0 spiro atoms. The number of nitrogens with one attached hydrogen (secondary N) is 1. The molecule has 2 rings (SSSR count). The van der Waals surface area contributed by atoms with Crippen molar-refractivity contribution >= 4 is 44.8 Å². The first kappa shape index (κ1) is 17.3. The summed E-state index contributed by atoms with van der Waals surface area (Å²) in [6.07, 6.45) is 0. The van der Waals surface area contributed by atoms with Crippen LogP contribution in [0.3, 0.4) is 0 Å². The zero-order chi connectivity index (χ0) is 16.1. The van der Waals surface area contributed by atoms with Crippen LogP contribution in [0.4, 0.5) is 5.69 Å². The minimum Gasteiger partial charge on any atom is -0.493 e. The summed E-state index contributed by atoms with van der Waals surface area (Å²) >= 11 is 15.4. The molecular formula is C16H16BrCl2NO2. The third-order valence-electron chi connectivity index (χ3n) is 3.01.